The molecule has 3 heteroatoms. The molecule has 0 saturated heterocycles. The van der Waals surface area contributed by atoms with Crippen LogP contribution < -0.4 is 10.2 Å². The summed E-state index contributed by atoms with van der Waals surface area (Å²) in [5.41, 5.74) is 3.92. The zero-order valence-electron chi connectivity index (χ0n) is 12.5. The Balaban J connectivity index is 2.28. The van der Waals surface area contributed by atoms with E-state index in [9.17, 15) is 0 Å². The Hall–Kier alpha value is -1.87. The molecule has 2 aromatic rings. The molecule has 3 nitrogen and oxygen atoms in total. The van der Waals surface area contributed by atoms with Gasteiger partial charge >= 0.3 is 0 Å². The maximum atomic E-state index is 4.08. The minimum atomic E-state index is 0.345. The number of hydrogen-bond donors (Lipinski definition) is 1. The van der Waals surface area contributed by atoms with E-state index in [4.69, 9.17) is 0 Å². The van der Waals surface area contributed by atoms with Crippen molar-refractivity contribution in [2.75, 3.05) is 18.5 Å². The molecule has 0 spiro atoms. The lowest BCUT2D eigenvalue weighted by Crippen LogP contribution is -2.25. The zero-order chi connectivity index (χ0) is 14.4. The summed E-state index contributed by atoms with van der Waals surface area (Å²) in [6, 6.07) is 13.1. The fourth-order valence-corrected chi connectivity index (χ4v) is 2.37. The van der Waals surface area contributed by atoms with Crippen molar-refractivity contribution >= 4 is 5.69 Å². The molecule has 1 heterocycles. The van der Waals surface area contributed by atoms with Crippen molar-refractivity contribution in [3.63, 3.8) is 0 Å². The Bertz CT molecular complexity index is 525. The number of anilines is 1. The third-order valence-corrected chi connectivity index (χ3v) is 3.68. The van der Waals surface area contributed by atoms with Crippen LogP contribution in [0, 0.1) is 0 Å². The van der Waals surface area contributed by atoms with Crippen LogP contribution in [0.1, 0.15) is 31.0 Å². The van der Waals surface area contributed by atoms with Crippen LogP contribution in [0.4, 0.5) is 5.69 Å². The average Bonchev–Trinajstić information content (AvgIpc) is 2.53. The third-order valence-electron chi connectivity index (χ3n) is 3.68. The molecule has 0 radical (unpaired) electrons. The van der Waals surface area contributed by atoms with Crippen molar-refractivity contribution in [1.29, 1.82) is 0 Å². The highest BCUT2D eigenvalue weighted by Crippen LogP contribution is 2.27. The fraction of sp³-hybridized carbons (Fsp3) is 0.353. The van der Waals surface area contributed by atoms with Gasteiger partial charge in [0.25, 0.3) is 0 Å². The first kappa shape index (κ1) is 14.5. The Morgan fingerprint density at radius 2 is 1.85 bits per heavy atom. The molecule has 0 amide bonds. The molecular weight excluding hydrogens is 246 g/mol. The molecule has 1 unspecified atom stereocenters. The van der Waals surface area contributed by atoms with Crippen LogP contribution in [0.5, 0.6) is 0 Å². The van der Waals surface area contributed by atoms with Gasteiger partial charge < -0.3 is 10.2 Å². The molecule has 0 bridgehead atoms. The van der Waals surface area contributed by atoms with Crippen LogP contribution in [-0.4, -0.2) is 18.6 Å². The van der Waals surface area contributed by atoms with Crippen molar-refractivity contribution in [3.8, 4) is 0 Å². The van der Waals surface area contributed by atoms with Crippen LogP contribution in [0.15, 0.2) is 48.8 Å². The van der Waals surface area contributed by atoms with Gasteiger partial charge in [0.1, 0.15) is 0 Å². The maximum Gasteiger partial charge on any atom is 0.0430 e. The number of hydrogen-bond acceptors (Lipinski definition) is 3. The third kappa shape index (κ3) is 3.36. The van der Waals surface area contributed by atoms with Gasteiger partial charge in [0, 0.05) is 37.2 Å². The number of aromatic nitrogens is 1. The summed E-state index contributed by atoms with van der Waals surface area (Å²) in [4.78, 5) is 6.48. The highest BCUT2D eigenvalue weighted by Gasteiger charge is 2.13. The number of nitrogens with zero attached hydrogens (tertiary/aromatic N) is 2. The molecule has 0 aliphatic rings. The van der Waals surface area contributed by atoms with E-state index in [1.807, 2.05) is 19.4 Å². The van der Waals surface area contributed by atoms with Crippen LogP contribution in [0.2, 0.25) is 0 Å². The predicted octanol–water partition coefficient (Wildman–Crippen LogP) is 3.39. The SMILES string of the molecule is CCN(Cc1ccncc1)c1ccccc1C(C)NC. The number of nitrogens with one attached hydrogen (secondary N) is 1. The number of para-hydroxylation sites is 1. The quantitative estimate of drug-likeness (QED) is 0.871. The largest absolute Gasteiger partial charge is 0.367 e. The Kier molecular flexibility index (Phi) is 5.13. The lowest BCUT2D eigenvalue weighted by molar-refractivity contribution is 0.647. The van der Waals surface area contributed by atoms with Crippen molar-refractivity contribution in [2.24, 2.45) is 0 Å². The lowest BCUT2D eigenvalue weighted by Gasteiger charge is -2.27. The Morgan fingerprint density at radius 3 is 2.50 bits per heavy atom. The smallest absolute Gasteiger partial charge is 0.0430 e. The molecule has 1 aromatic carbocycles. The average molecular weight is 269 g/mol. The van der Waals surface area contributed by atoms with Gasteiger partial charge in [-0.15, -0.1) is 0 Å². The van der Waals surface area contributed by atoms with E-state index >= 15 is 0 Å². The highest BCUT2D eigenvalue weighted by molar-refractivity contribution is 5.55. The van der Waals surface area contributed by atoms with E-state index in [-0.39, 0.29) is 0 Å². The predicted molar refractivity (Wildman–Crippen MR) is 84.9 cm³/mol. The monoisotopic (exact) mass is 269 g/mol. The summed E-state index contributed by atoms with van der Waals surface area (Å²) in [7, 11) is 2.00. The first-order chi connectivity index (χ1) is 9.76. The van der Waals surface area contributed by atoms with E-state index in [1.165, 1.54) is 16.8 Å². The maximum absolute atomic E-state index is 4.08. The minimum Gasteiger partial charge on any atom is -0.367 e. The Morgan fingerprint density at radius 1 is 1.15 bits per heavy atom. The van der Waals surface area contributed by atoms with E-state index in [1.54, 1.807) is 0 Å². The van der Waals surface area contributed by atoms with E-state index in [0.717, 1.165) is 13.1 Å². The van der Waals surface area contributed by atoms with Gasteiger partial charge in [-0.2, -0.15) is 0 Å². The molecule has 1 aromatic heterocycles. The van der Waals surface area contributed by atoms with E-state index in [0.29, 0.717) is 6.04 Å². The standard InChI is InChI=1S/C17H23N3/c1-4-20(13-15-9-11-19-12-10-15)17-8-6-5-7-16(17)14(2)18-3/h5-12,14,18H,4,13H2,1-3H3. The second-order valence-electron chi connectivity index (χ2n) is 4.94. The van der Waals surface area contributed by atoms with Gasteiger partial charge in [-0.25, -0.2) is 0 Å². The van der Waals surface area contributed by atoms with Gasteiger partial charge in [-0.3, -0.25) is 4.98 Å². The fourth-order valence-electron chi connectivity index (χ4n) is 2.37. The molecule has 0 saturated carbocycles. The summed E-state index contributed by atoms with van der Waals surface area (Å²) in [5, 5.41) is 3.33. The van der Waals surface area contributed by atoms with Crippen LogP contribution >= 0.6 is 0 Å². The van der Waals surface area contributed by atoms with Gasteiger partial charge in [0.15, 0.2) is 0 Å². The van der Waals surface area contributed by atoms with Crippen LogP contribution in [-0.2, 0) is 6.54 Å². The molecule has 0 aliphatic heterocycles. The summed E-state index contributed by atoms with van der Waals surface area (Å²) in [5.74, 6) is 0. The minimum absolute atomic E-state index is 0.345. The lowest BCUT2D eigenvalue weighted by atomic mass is 10.0. The summed E-state index contributed by atoms with van der Waals surface area (Å²) in [6.45, 7) is 6.28. The van der Waals surface area contributed by atoms with Crippen molar-refractivity contribution < 1.29 is 0 Å². The second-order valence-corrected chi connectivity index (χ2v) is 4.94. The Labute approximate surface area is 121 Å². The summed E-state index contributed by atoms with van der Waals surface area (Å²) in [6.07, 6.45) is 3.70. The van der Waals surface area contributed by atoms with Gasteiger partial charge in [-0.1, -0.05) is 18.2 Å². The summed E-state index contributed by atoms with van der Waals surface area (Å²) < 4.78 is 0. The zero-order valence-corrected chi connectivity index (χ0v) is 12.5. The second kappa shape index (κ2) is 7.06. The topological polar surface area (TPSA) is 28.2 Å². The molecule has 1 N–H and O–H groups in total. The molecular formula is C17H23N3. The first-order valence-electron chi connectivity index (χ1n) is 7.16. The molecule has 0 fully saturated rings. The number of benzene rings is 1. The van der Waals surface area contributed by atoms with Gasteiger partial charge in [0.2, 0.25) is 0 Å². The molecule has 0 aliphatic carbocycles. The molecule has 106 valence electrons. The molecule has 1 atom stereocenters. The number of pyridine rings is 1. The van der Waals surface area contributed by atoms with Crippen LogP contribution in [0.3, 0.4) is 0 Å². The van der Waals surface area contributed by atoms with Gasteiger partial charge in [-0.05, 0) is 50.2 Å². The van der Waals surface area contributed by atoms with E-state index < -0.39 is 0 Å². The van der Waals surface area contributed by atoms with Crippen molar-refractivity contribution in [1.82, 2.24) is 10.3 Å². The summed E-state index contributed by atoms with van der Waals surface area (Å²) >= 11 is 0. The van der Waals surface area contributed by atoms with E-state index in [2.05, 4.69) is 65.4 Å². The molecule has 2 rings (SSSR count). The normalized spacial score (nSPS) is 12.2. The first-order valence-corrected chi connectivity index (χ1v) is 7.16. The number of rotatable bonds is 6. The molecule has 20 heavy (non-hydrogen) atoms. The van der Waals surface area contributed by atoms with Gasteiger partial charge in [0.05, 0.1) is 0 Å². The van der Waals surface area contributed by atoms with Crippen molar-refractivity contribution in [2.45, 2.75) is 26.4 Å². The van der Waals surface area contributed by atoms with Crippen LogP contribution in [0.25, 0.3) is 0 Å². The highest BCUT2D eigenvalue weighted by atomic mass is 15.1. The van der Waals surface area contributed by atoms with Crippen molar-refractivity contribution in [3.05, 3.63) is 59.9 Å².